The van der Waals surface area contributed by atoms with E-state index < -0.39 is 0 Å². The van der Waals surface area contributed by atoms with E-state index >= 15 is 0 Å². The molecule has 13 heavy (non-hydrogen) atoms. The highest BCUT2D eigenvalue weighted by Gasteiger charge is 2.49. The molecule has 2 bridgehead atoms. The van der Waals surface area contributed by atoms with Crippen LogP contribution in [-0.2, 0) is 4.74 Å². The lowest BCUT2D eigenvalue weighted by Crippen LogP contribution is -2.40. The fourth-order valence-corrected chi connectivity index (χ4v) is 3.35. The van der Waals surface area contributed by atoms with E-state index in [2.05, 4.69) is 6.92 Å². The second-order valence-corrected chi connectivity index (χ2v) is 4.78. The summed E-state index contributed by atoms with van der Waals surface area (Å²) in [5.41, 5.74) is 6.28. The Morgan fingerprint density at radius 3 is 2.77 bits per heavy atom. The van der Waals surface area contributed by atoms with Gasteiger partial charge in [0.25, 0.3) is 0 Å². The largest absolute Gasteiger partial charge is 0.381 e. The zero-order valence-electron chi connectivity index (χ0n) is 8.59. The Labute approximate surface area is 80.8 Å². The van der Waals surface area contributed by atoms with Gasteiger partial charge in [-0.05, 0) is 38.0 Å². The van der Waals surface area contributed by atoms with Gasteiger partial charge in [0.05, 0.1) is 6.61 Å². The van der Waals surface area contributed by atoms with Crippen LogP contribution in [0.15, 0.2) is 0 Å². The molecule has 2 fully saturated rings. The Morgan fingerprint density at radius 2 is 2.31 bits per heavy atom. The van der Waals surface area contributed by atoms with E-state index in [0.29, 0.717) is 5.41 Å². The summed E-state index contributed by atoms with van der Waals surface area (Å²) in [6.45, 7) is 4.63. The Hall–Kier alpha value is -0.0800. The number of ether oxygens (including phenoxy) is 1. The van der Waals surface area contributed by atoms with Crippen LogP contribution in [0.2, 0.25) is 0 Å². The number of hydrogen-bond donors (Lipinski definition) is 1. The third kappa shape index (κ3) is 1.50. The zero-order chi connectivity index (χ0) is 9.31. The Balaban J connectivity index is 1.99. The van der Waals surface area contributed by atoms with Crippen molar-refractivity contribution in [2.75, 3.05) is 19.8 Å². The molecule has 2 aliphatic rings. The summed E-state index contributed by atoms with van der Waals surface area (Å²) in [5, 5.41) is 0. The van der Waals surface area contributed by atoms with Gasteiger partial charge in [-0.1, -0.05) is 6.42 Å². The molecule has 2 aliphatic carbocycles. The van der Waals surface area contributed by atoms with Crippen LogP contribution in [0.1, 0.15) is 32.6 Å². The first kappa shape index (κ1) is 9.47. The van der Waals surface area contributed by atoms with Gasteiger partial charge in [0.2, 0.25) is 0 Å². The highest BCUT2D eigenvalue weighted by Crippen LogP contribution is 2.55. The van der Waals surface area contributed by atoms with E-state index in [9.17, 15) is 0 Å². The van der Waals surface area contributed by atoms with E-state index in [1.807, 2.05) is 0 Å². The molecule has 0 aromatic carbocycles. The van der Waals surface area contributed by atoms with Crippen LogP contribution in [-0.4, -0.2) is 19.8 Å². The molecular weight excluding hydrogens is 162 g/mol. The maximum Gasteiger partial charge on any atom is 0.0537 e. The third-order valence-corrected chi connectivity index (χ3v) is 4.10. The van der Waals surface area contributed by atoms with Crippen molar-refractivity contribution in [1.82, 2.24) is 0 Å². The van der Waals surface area contributed by atoms with E-state index in [4.69, 9.17) is 10.5 Å². The Bertz CT molecular complexity index is 183. The SMILES string of the molecule is CCOCC1(CN)CC2CCC1C2. The predicted molar refractivity (Wildman–Crippen MR) is 53.4 cm³/mol. The minimum Gasteiger partial charge on any atom is -0.381 e. The number of hydrogen-bond acceptors (Lipinski definition) is 2. The number of nitrogens with two attached hydrogens (primary N) is 1. The highest BCUT2D eigenvalue weighted by molar-refractivity contribution is 5.00. The molecule has 3 unspecified atom stereocenters. The molecule has 0 aliphatic heterocycles. The van der Waals surface area contributed by atoms with Crippen molar-refractivity contribution in [2.45, 2.75) is 32.6 Å². The molecule has 3 atom stereocenters. The number of fused-ring (bicyclic) bond motifs is 2. The second kappa shape index (κ2) is 3.58. The number of rotatable bonds is 4. The van der Waals surface area contributed by atoms with Crippen LogP contribution < -0.4 is 5.73 Å². The van der Waals surface area contributed by atoms with Crippen LogP contribution in [0.5, 0.6) is 0 Å². The van der Waals surface area contributed by atoms with Crippen molar-refractivity contribution in [3.05, 3.63) is 0 Å². The summed E-state index contributed by atoms with van der Waals surface area (Å²) in [7, 11) is 0. The third-order valence-electron chi connectivity index (χ3n) is 4.10. The van der Waals surface area contributed by atoms with E-state index in [0.717, 1.165) is 31.6 Å². The predicted octanol–water partition coefficient (Wildman–Crippen LogP) is 1.79. The van der Waals surface area contributed by atoms with Crippen molar-refractivity contribution in [3.63, 3.8) is 0 Å². The molecule has 0 heterocycles. The lowest BCUT2D eigenvalue weighted by atomic mass is 9.74. The first-order valence-corrected chi connectivity index (χ1v) is 5.58. The summed E-state index contributed by atoms with van der Waals surface area (Å²) < 4.78 is 5.58. The van der Waals surface area contributed by atoms with Crippen LogP contribution in [0, 0.1) is 17.3 Å². The van der Waals surface area contributed by atoms with Crippen molar-refractivity contribution in [2.24, 2.45) is 23.0 Å². The van der Waals surface area contributed by atoms with Crippen molar-refractivity contribution >= 4 is 0 Å². The van der Waals surface area contributed by atoms with Gasteiger partial charge >= 0.3 is 0 Å². The standard InChI is InChI=1S/C11H21NO/c1-2-13-8-11(7-12)6-9-3-4-10(11)5-9/h9-10H,2-8,12H2,1H3. The van der Waals surface area contributed by atoms with Gasteiger partial charge in [-0.15, -0.1) is 0 Å². The molecule has 2 rings (SSSR count). The topological polar surface area (TPSA) is 35.2 Å². The van der Waals surface area contributed by atoms with Gasteiger partial charge in [-0.3, -0.25) is 0 Å². The van der Waals surface area contributed by atoms with Gasteiger partial charge in [-0.2, -0.15) is 0 Å². The molecular formula is C11H21NO. The summed E-state index contributed by atoms with van der Waals surface area (Å²) in [4.78, 5) is 0. The van der Waals surface area contributed by atoms with Crippen molar-refractivity contribution in [3.8, 4) is 0 Å². The molecule has 2 nitrogen and oxygen atoms in total. The molecule has 0 radical (unpaired) electrons. The van der Waals surface area contributed by atoms with Crippen molar-refractivity contribution < 1.29 is 4.74 Å². The summed E-state index contributed by atoms with van der Waals surface area (Å²) in [6, 6.07) is 0. The lowest BCUT2D eigenvalue weighted by molar-refractivity contribution is 0.0196. The van der Waals surface area contributed by atoms with Crippen molar-refractivity contribution in [1.29, 1.82) is 0 Å². The van der Waals surface area contributed by atoms with Crippen LogP contribution in [0.3, 0.4) is 0 Å². The highest BCUT2D eigenvalue weighted by atomic mass is 16.5. The van der Waals surface area contributed by atoms with Gasteiger partial charge in [0.1, 0.15) is 0 Å². The molecule has 2 saturated carbocycles. The lowest BCUT2D eigenvalue weighted by Gasteiger charge is -2.36. The molecule has 0 aromatic rings. The molecule has 0 aromatic heterocycles. The molecule has 2 N–H and O–H groups in total. The van der Waals surface area contributed by atoms with E-state index in [1.165, 1.54) is 25.7 Å². The monoisotopic (exact) mass is 183 g/mol. The Kier molecular flexibility index (Phi) is 2.61. The molecule has 2 heteroatoms. The molecule has 0 saturated heterocycles. The average Bonchev–Trinajstić information content (AvgIpc) is 2.74. The minimum absolute atomic E-state index is 0.360. The maximum absolute atomic E-state index is 5.92. The normalized spacial score (nSPS) is 42.9. The van der Waals surface area contributed by atoms with Crippen LogP contribution >= 0.6 is 0 Å². The Morgan fingerprint density at radius 1 is 1.46 bits per heavy atom. The minimum atomic E-state index is 0.360. The molecule has 0 spiro atoms. The maximum atomic E-state index is 5.92. The van der Waals surface area contributed by atoms with Gasteiger partial charge in [-0.25, -0.2) is 0 Å². The van der Waals surface area contributed by atoms with Gasteiger partial charge < -0.3 is 10.5 Å². The zero-order valence-corrected chi connectivity index (χ0v) is 8.59. The van der Waals surface area contributed by atoms with E-state index in [-0.39, 0.29) is 0 Å². The van der Waals surface area contributed by atoms with Gasteiger partial charge in [0.15, 0.2) is 0 Å². The summed E-state index contributed by atoms with van der Waals surface area (Å²) in [6.07, 6.45) is 5.59. The first-order chi connectivity index (χ1) is 6.30. The van der Waals surface area contributed by atoms with Crippen LogP contribution in [0.4, 0.5) is 0 Å². The molecule has 0 amide bonds. The van der Waals surface area contributed by atoms with Crippen LogP contribution in [0.25, 0.3) is 0 Å². The quantitative estimate of drug-likeness (QED) is 0.721. The summed E-state index contributed by atoms with van der Waals surface area (Å²) >= 11 is 0. The fourth-order valence-electron chi connectivity index (χ4n) is 3.35. The second-order valence-electron chi connectivity index (χ2n) is 4.78. The molecule has 76 valence electrons. The van der Waals surface area contributed by atoms with E-state index in [1.54, 1.807) is 0 Å². The fraction of sp³-hybridized carbons (Fsp3) is 1.00. The average molecular weight is 183 g/mol. The summed E-state index contributed by atoms with van der Waals surface area (Å²) in [5.74, 6) is 1.84. The first-order valence-electron chi connectivity index (χ1n) is 5.58. The van der Waals surface area contributed by atoms with Gasteiger partial charge in [0, 0.05) is 18.6 Å². The smallest absolute Gasteiger partial charge is 0.0537 e.